The number of carbonyl (C=O) groups excluding carboxylic acids is 1. The van der Waals surface area contributed by atoms with Gasteiger partial charge in [0.25, 0.3) is 5.91 Å². The van der Waals surface area contributed by atoms with E-state index in [2.05, 4.69) is 24.1 Å². The molecule has 1 unspecified atom stereocenters. The van der Waals surface area contributed by atoms with Crippen LogP contribution in [0, 0.1) is 5.41 Å². The van der Waals surface area contributed by atoms with Crippen molar-refractivity contribution in [1.29, 1.82) is 0 Å². The van der Waals surface area contributed by atoms with E-state index in [4.69, 9.17) is 11.6 Å². The van der Waals surface area contributed by atoms with E-state index in [1.54, 1.807) is 12.1 Å². The van der Waals surface area contributed by atoms with Crippen molar-refractivity contribution >= 4 is 17.5 Å². The van der Waals surface area contributed by atoms with Gasteiger partial charge in [-0.05, 0) is 30.4 Å². The van der Waals surface area contributed by atoms with E-state index >= 15 is 0 Å². The average Bonchev–Trinajstić information content (AvgIpc) is 2.85. The summed E-state index contributed by atoms with van der Waals surface area (Å²) in [6.45, 7) is 6.29. The molecule has 1 fully saturated rings. The lowest BCUT2D eigenvalue weighted by Gasteiger charge is -2.08. The first-order chi connectivity index (χ1) is 7.92. The van der Waals surface area contributed by atoms with Crippen molar-refractivity contribution in [3.8, 4) is 0 Å². The number of hydrogen-bond acceptors (Lipinski definition) is 2. The van der Waals surface area contributed by atoms with Crippen LogP contribution in [0.4, 0.5) is 0 Å². The van der Waals surface area contributed by atoms with Crippen LogP contribution in [0.3, 0.4) is 0 Å². The topological polar surface area (TPSA) is 42.0 Å². The fourth-order valence-electron chi connectivity index (χ4n) is 1.82. The van der Waals surface area contributed by atoms with Gasteiger partial charge in [0.05, 0.1) is 0 Å². The number of hydrogen-bond donors (Lipinski definition) is 1. The Morgan fingerprint density at radius 2 is 2.24 bits per heavy atom. The molecule has 1 atom stereocenters. The zero-order valence-electron chi connectivity index (χ0n) is 10.4. The van der Waals surface area contributed by atoms with Crippen LogP contribution in [0.15, 0.2) is 12.1 Å². The molecule has 0 radical (unpaired) electrons. The summed E-state index contributed by atoms with van der Waals surface area (Å²) in [5, 5.41) is 3.39. The molecule has 1 aromatic heterocycles. The molecule has 1 saturated carbocycles. The quantitative estimate of drug-likeness (QED) is 0.841. The highest BCUT2D eigenvalue weighted by Crippen LogP contribution is 2.44. The summed E-state index contributed by atoms with van der Waals surface area (Å²) in [4.78, 5) is 16.1. The normalized spacial score (nSPS) is 21.1. The highest BCUT2D eigenvalue weighted by atomic mass is 35.5. The van der Waals surface area contributed by atoms with Crippen molar-refractivity contribution < 1.29 is 4.79 Å². The van der Waals surface area contributed by atoms with E-state index in [1.807, 2.05) is 6.92 Å². The summed E-state index contributed by atoms with van der Waals surface area (Å²) in [6, 6.07) is 3.70. The predicted molar refractivity (Wildman–Crippen MR) is 68.3 cm³/mol. The lowest BCUT2D eigenvalue weighted by Crippen LogP contribution is -2.28. The summed E-state index contributed by atoms with van der Waals surface area (Å²) in [6.07, 6.45) is 1.81. The molecule has 1 amide bonds. The van der Waals surface area contributed by atoms with E-state index in [1.165, 1.54) is 0 Å². The van der Waals surface area contributed by atoms with E-state index < -0.39 is 0 Å². The fraction of sp³-hybridized carbons (Fsp3) is 0.538. The van der Waals surface area contributed by atoms with Gasteiger partial charge in [0.1, 0.15) is 5.15 Å². The third-order valence-corrected chi connectivity index (χ3v) is 3.48. The minimum Gasteiger partial charge on any atom is -0.349 e. The van der Waals surface area contributed by atoms with E-state index in [0.29, 0.717) is 10.7 Å². The Bertz CT molecular complexity index is 457. The van der Waals surface area contributed by atoms with Crippen LogP contribution in [0.5, 0.6) is 0 Å². The van der Waals surface area contributed by atoms with Gasteiger partial charge in [0, 0.05) is 17.3 Å². The average molecular weight is 253 g/mol. The summed E-state index contributed by atoms with van der Waals surface area (Å²) in [5.74, 6) is -0.0559. The lowest BCUT2D eigenvalue weighted by molar-refractivity contribution is 0.0946. The Morgan fingerprint density at radius 3 is 2.76 bits per heavy atom. The van der Waals surface area contributed by atoms with Crippen molar-refractivity contribution in [3.63, 3.8) is 0 Å². The van der Waals surface area contributed by atoms with E-state index in [9.17, 15) is 4.79 Å². The van der Waals surface area contributed by atoms with E-state index in [0.717, 1.165) is 18.5 Å². The molecule has 17 heavy (non-hydrogen) atoms. The molecule has 0 bridgehead atoms. The van der Waals surface area contributed by atoms with Crippen LogP contribution in [0.25, 0.3) is 0 Å². The molecular formula is C13H17ClN2O. The SMILES string of the molecule is CCc1cc(C(=O)NC2CC2(C)C)cc(Cl)n1. The summed E-state index contributed by atoms with van der Waals surface area (Å²) in [5.41, 5.74) is 1.68. The summed E-state index contributed by atoms with van der Waals surface area (Å²) < 4.78 is 0. The van der Waals surface area contributed by atoms with Crippen LogP contribution in [0.2, 0.25) is 5.15 Å². The number of nitrogens with one attached hydrogen (secondary N) is 1. The van der Waals surface area contributed by atoms with Crippen LogP contribution >= 0.6 is 11.6 Å². The van der Waals surface area contributed by atoms with Gasteiger partial charge in [-0.3, -0.25) is 4.79 Å². The van der Waals surface area contributed by atoms with Crippen molar-refractivity contribution in [2.75, 3.05) is 0 Å². The minimum absolute atomic E-state index is 0.0559. The molecule has 0 spiro atoms. The van der Waals surface area contributed by atoms with Crippen LogP contribution in [-0.4, -0.2) is 16.9 Å². The number of aromatic nitrogens is 1. The Kier molecular flexibility index (Phi) is 3.13. The zero-order valence-corrected chi connectivity index (χ0v) is 11.1. The number of halogens is 1. The van der Waals surface area contributed by atoms with Crippen molar-refractivity contribution in [3.05, 3.63) is 28.5 Å². The maximum Gasteiger partial charge on any atom is 0.251 e. The molecule has 92 valence electrons. The predicted octanol–water partition coefficient (Wildman–Crippen LogP) is 2.83. The number of amides is 1. The summed E-state index contributed by atoms with van der Waals surface area (Å²) in [7, 11) is 0. The van der Waals surface area contributed by atoms with Gasteiger partial charge in [-0.2, -0.15) is 0 Å². The maximum absolute atomic E-state index is 12.0. The third kappa shape index (κ3) is 2.78. The Balaban J connectivity index is 2.11. The molecular weight excluding hydrogens is 236 g/mol. The largest absolute Gasteiger partial charge is 0.349 e. The Morgan fingerprint density at radius 1 is 1.59 bits per heavy atom. The standard InChI is InChI=1S/C13H17ClN2O/c1-4-9-5-8(6-11(14)15-9)12(17)16-10-7-13(10,2)3/h5-6,10H,4,7H2,1-3H3,(H,16,17). The molecule has 1 heterocycles. The van der Waals surface area contributed by atoms with Gasteiger partial charge in [0.15, 0.2) is 0 Å². The highest BCUT2D eigenvalue weighted by molar-refractivity contribution is 6.29. The van der Waals surface area contributed by atoms with Gasteiger partial charge >= 0.3 is 0 Å². The second-order valence-corrected chi connectivity index (χ2v) is 5.63. The van der Waals surface area contributed by atoms with Crippen LogP contribution < -0.4 is 5.32 Å². The lowest BCUT2D eigenvalue weighted by atomic mass is 10.1. The maximum atomic E-state index is 12.0. The molecule has 1 aromatic rings. The van der Waals surface area contributed by atoms with Gasteiger partial charge in [-0.1, -0.05) is 32.4 Å². The summed E-state index contributed by atoms with van der Waals surface area (Å²) >= 11 is 5.89. The second-order valence-electron chi connectivity index (χ2n) is 5.24. The minimum atomic E-state index is -0.0559. The van der Waals surface area contributed by atoms with Crippen LogP contribution in [0.1, 0.15) is 43.2 Å². The van der Waals surface area contributed by atoms with Gasteiger partial charge in [-0.25, -0.2) is 4.98 Å². The highest BCUT2D eigenvalue weighted by Gasteiger charge is 2.46. The number of pyridine rings is 1. The van der Waals surface area contributed by atoms with Crippen molar-refractivity contribution in [1.82, 2.24) is 10.3 Å². The third-order valence-electron chi connectivity index (χ3n) is 3.29. The molecule has 1 aliphatic carbocycles. The molecule has 0 saturated heterocycles. The van der Waals surface area contributed by atoms with E-state index in [-0.39, 0.29) is 17.4 Å². The fourth-order valence-corrected chi connectivity index (χ4v) is 2.04. The first-order valence-corrected chi connectivity index (χ1v) is 6.27. The number of rotatable bonds is 3. The van der Waals surface area contributed by atoms with Gasteiger partial charge < -0.3 is 5.32 Å². The van der Waals surface area contributed by atoms with Gasteiger partial charge in [-0.15, -0.1) is 0 Å². The number of nitrogens with zero attached hydrogens (tertiary/aromatic N) is 1. The molecule has 0 aliphatic heterocycles. The molecule has 1 aliphatic rings. The zero-order chi connectivity index (χ0) is 12.6. The molecule has 3 nitrogen and oxygen atoms in total. The second kappa shape index (κ2) is 4.30. The monoisotopic (exact) mass is 252 g/mol. The molecule has 2 rings (SSSR count). The molecule has 1 N–H and O–H groups in total. The van der Waals surface area contributed by atoms with Crippen LogP contribution in [-0.2, 0) is 6.42 Å². The van der Waals surface area contributed by atoms with Crippen molar-refractivity contribution in [2.45, 2.75) is 39.7 Å². The number of aryl methyl sites for hydroxylation is 1. The first-order valence-electron chi connectivity index (χ1n) is 5.89. The first kappa shape index (κ1) is 12.4. The van der Waals surface area contributed by atoms with Gasteiger partial charge in [0.2, 0.25) is 0 Å². The smallest absolute Gasteiger partial charge is 0.251 e. The molecule has 0 aromatic carbocycles. The van der Waals surface area contributed by atoms with Crippen molar-refractivity contribution in [2.24, 2.45) is 5.41 Å². The number of carbonyl (C=O) groups is 1. The Hall–Kier alpha value is -1.09. The Labute approximate surface area is 107 Å². The molecule has 4 heteroatoms.